The number of halogens is 2. The van der Waals surface area contributed by atoms with Gasteiger partial charge in [0.1, 0.15) is 11.6 Å². The number of nitrogen functional groups attached to an aromatic ring is 2. The molecule has 9 nitrogen and oxygen atoms in total. The van der Waals surface area contributed by atoms with Gasteiger partial charge in [-0.25, -0.2) is 24.1 Å². The number of pyridine rings is 1. The lowest BCUT2D eigenvalue weighted by molar-refractivity contribution is 0.249. The molecule has 30 heavy (non-hydrogen) atoms. The highest BCUT2D eigenvalue weighted by molar-refractivity contribution is 6.30. The fourth-order valence-corrected chi connectivity index (χ4v) is 2.77. The highest BCUT2D eigenvalue weighted by Crippen LogP contribution is 2.21. The number of aromatic nitrogens is 3. The zero-order valence-electron chi connectivity index (χ0n) is 15.8. The molecule has 1 unspecified atom stereocenters. The molecule has 0 fully saturated rings. The third-order valence-corrected chi connectivity index (χ3v) is 4.49. The van der Waals surface area contributed by atoms with Crippen LogP contribution in [0.5, 0.6) is 0 Å². The van der Waals surface area contributed by atoms with Crippen molar-refractivity contribution in [3.63, 3.8) is 0 Å². The fourth-order valence-electron chi connectivity index (χ4n) is 2.58. The molecule has 0 saturated carbocycles. The highest BCUT2D eigenvalue weighted by atomic mass is 35.5. The molecule has 3 rings (SSSR count). The van der Waals surface area contributed by atoms with Gasteiger partial charge in [-0.05, 0) is 24.6 Å². The number of amides is 2. The summed E-state index contributed by atoms with van der Waals surface area (Å²) in [7, 11) is 0. The first-order chi connectivity index (χ1) is 14.2. The predicted octanol–water partition coefficient (Wildman–Crippen LogP) is 3.13. The lowest BCUT2D eigenvalue weighted by atomic mass is 10.1. The summed E-state index contributed by atoms with van der Waals surface area (Å²) in [5, 5.41) is 13.5. The van der Waals surface area contributed by atoms with Crippen LogP contribution in [0.15, 0.2) is 42.9 Å². The summed E-state index contributed by atoms with van der Waals surface area (Å²) in [4.78, 5) is 24.1. The van der Waals surface area contributed by atoms with Gasteiger partial charge in [-0.2, -0.15) is 0 Å². The molecule has 11 heteroatoms. The monoisotopic (exact) mass is 428 g/mol. The number of anilines is 3. The molecule has 0 saturated heterocycles. The normalized spacial score (nSPS) is 11.6. The molecule has 1 aromatic carbocycles. The second-order valence-electron chi connectivity index (χ2n) is 6.36. The summed E-state index contributed by atoms with van der Waals surface area (Å²) in [5.41, 5.74) is 13.2. The van der Waals surface area contributed by atoms with Gasteiger partial charge in [0.15, 0.2) is 0 Å². The number of carbonyl (C=O) groups is 1. The maximum absolute atomic E-state index is 13.3. The summed E-state index contributed by atoms with van der Waals surface area (Å²) in [6.07, 6.45) is 4.19. The molecular formula is C19H18ClFN8O. The first-order valence-corrected chi connectivity index (χ1v) is 9.07. The summed E-state index contributed by atoms with van der Waals surface area (Å²) < 4.78 is 13.3. The minimum atomic E-state index is -0.537. The Morgan fingerprint density at radius 2 is 1.87 bits per heavy atom. The molecule has 0 bridgehead atoms. The van der Waals surface area contributed by atoms with E-state index in [0.29, 0.717) is 16.7 Å². The second-order valence-corrected chi connectivity index (χ2v) is 6.76. The molecule has 2 amide bonds. The van der Waals surface area contributed by atoms with Crippen LogP contribution in [-0.4, -0.2) is 26.7 Å². The van der Waals surface area contributed by atoms with Crippen LogP contribution in [0.2, 0.25) is 5.02 Å². The van der Waals surface area contributed by atoms with Crippen LogP contribution in [0.3, 0.4) is 0 Å². The van der Waals surface area contributed by atoms with E-state index in [0.717, 1.165) is 0 Å². The van der Waals surface area contributed by atoms with Crippen molar-refractivity contribution in [2.24, 2.45) is 0 Å². The molecular weight excluding hydrogens is 411 g/mol. The van der Waals surface area contributed by atoms with E-state index in [2.05, 4.69) is 25.6 Å². The minimum absolute atomic E-state index is 0.0273. The summed E-state index contributed by atoms with van der Waals surface area (Å²) in [5.74, 6) is -0.243. The number of nitrogens with zero attached hydrogens (tertiary/aromatic N) is 3. The molecule has 0 aliphatic heterocycles. The van der Waals surface area contributed by atoms with Crippen molar-refractivity contribution in [1.82, 2.24) is 20.3 Å². The third-order valence-electron chi connectivity index (χ3n) is 4.20. The largest absolute Gasteiger partial charge is 0.398 e. The summed E-state index contributed by atoms with van der Waals surface area (Å²) in [6, 6.07) is 4.67. The van der Waals surface area contributed by atoms with E-state index in [1.54, 1.807) is 6.92 Å². The average Bonchev–Trinajstić information content (AvgIpc) is 2.70. The van der Waals surface area contributed by atoms with Crippen LogP contribution < -0.4 is 22.1 Å². The Hall–Kier alpha value is -3.79. The molecule has 0 radical (unpaired) electrons. The van der Waals surface area contributed by atoms with E-state index in [4.69, 9.17) is 28.5 Å². The van der Waals surface area contributed by atoms with Crippen molar-refractivity contribution in [2.75, 3.05) is 16.8 Å². The summed E-state index contributed by atoms with van der Waals surface area (Å²) in [6.45, 7) is 1.73. The van der Waals surface area contributed by atoms with E-state index in [1.165, 1.54) is 42.9 Å². The first kappa shape index (κ1) is 20.9. The first-order valence-electron chi connectivity index (χ1n) is 8.69. The zero-order valence-corrected chi connectivity index (χ0v) is 16.5. The number of carbonyl (C=O) groups excluding carboxylic acids is 1. The lowest BCUT2D eigenvalue weighted by Crippen LogP contribution is -2.31. The third kappa shape index (κ3) is 4.78. The van der Waals surface area contributed by atoms with Gasteiger partial charge in [-0.3, -0.25) is 10.7 Å². The number of urea groups is 1. The Kier molecular flexibility index (Phi) is 6.07. The number of rotatable bonds is 5. The van der Waals surface area contributed by atoms with Crippen molar-refractivity contribution in [1.29, 1.82) is 5.41 Å². The molecule has 2 aromatic heterocycles. The van der Waals surface area contributed by atoms with Gasteiger partial charge in [0.05, 0.1) is 16.8 Å². The Labute approximate surface area is 176 Å². The lowest BCUT2D eigenvalue weighted by Gasteiger charge is -2.16. The number of hydrogen-bond acceptors (Lipinski definition) is 7. The smallest absolute Gasteiger partial charge is 0.320 e. The van der Waals surface area contributed by atoms with Gasteiger partial charge in [0.25, 0.3) is 0 Å². The van der Waals surface area contributed by atoms with Gasteiger partial charge in [-0.15, -0.1) is 0 Å². The van der Waals surface area contributed by atoms with E-state index >= 15 is 0 Å². The van der Waals surface area contributed by atoms with Gasteiger partial charge in [0, 0.05) is 41.5 Å². The molecule has 0 aliphatic rings. The van der Waals surface area contributed by atoms with Gasteiger partial charge >= 0.3 is 6.03 Å². The van der Waals surface area contributed by atoms with Gasteiger partial charge in [0.2, 0.25) is 5.95 Å². The topological polar surface area (TPSA) is 156 Å². The zero-order chi connectivity index (χ0) is 21.8. The number of nitrogens with two attached hydrogens (primary N) is 2. The van der Waals surface area contributed by atoms with Crippen LogP contribution >= 0.6 is 11.6 Å². The molecule has 0 aliphatic carbocycles. The van der Waals surface area contributed by atoms with Crippen LogP contribution in [0.1, 0.15) is 29.7 Å². The Morgan fingerprint density at radius 1 is 1.17 bits per heavy atom. The highest BCUT2D eigenvalue weighted by Gasteiger charge is 2.14. The fraction of sp³-hybridized carbons (Fsp3) is 0.105. The van der Waals surface area contributed by atoms with Crippen molar-refractivity contribution in [3.8, 4) is 0 Å². The van der Waals surface area contributed by atoms with E-state index in [-0.39, 0.29) is 28.2 Å². The predicted molar refractivity (Wildman–Crippen MR) is 113 cm³/mol. The van der Waals surface area contributed by atoms with Crippen molar-refractivity contribution in [3.05, 3.63) is 70.4 Å². The number of nitrogens with one attached hydrogen (secondary N) is 3. The Balaban J connectivity index is 1.67. The van der Waals surface area contributed by atoms with Crippen molar-refractivity contribution >= 4 is 40.8 Å². The quantitative estimate of drug-likeness (QED) is 0.393. The maximum atomic E-state index is 13.3. The van der Waals surface area contributed by atoms with Crippen LogP contribution in [-0.2, 0) is 0 Å². The minimum Gasteiger partial charge on any atom is -0.398 e. The van der Waals surface area contributed by atoms with E-state index < -0.39 is 17.9 Å². The SMILES string of the molecule is CC(NC(=O)Nc1cc(N)c(C(=N)c2cnc(N)nc2)cn1)c1ccc(F)c(Cl)c1. The molecule has 7 N–H and O–H groups in total. The number of benzene rings is 1. The average molecular weight is 429 g/mol. The van der Waals surface area contributed by atoms with Crippen molar-refractivity contribution in [2.45, 2.75) is 13.0 Å². The Bertz CT molecular complexity index is 1110. The van der Waals surface area contributed by atoms with Gasteiger partial charge < -0.3 is 16.8 Å². The van der Waals surface area contributed by atoms with E-state index in [9.17, 15) is 9.18 Å². The molecule has 2 heterocycles. The van der Waals surface area contributed by atoms with Crippen LogP contribution in [0.4, 0.5) is 26.6 Å². The Morgan fingerprint density at radius 3 is 2.50 bits per heavy atom. The number of hydrogen-bond donors (Lipinski definition) is 5. The molecule has 154 valence electrons. The standard InChI is InChI=1S/C19H18ClFN8O/c1-9(10-2-3-14(21)13(20)4-10)28-19(30)29-16-5-15(22)12(8-25-16)17(23)11-6-26-18(24)27-7-11/h2-9,23H,1H3,(H2,24,26,27)(H4,22,25,28,29,30). The maximum Gasteiger partial charge on any atom is 0.320 e. The van der Waals surface area contributed by atoms with Gasteiger partial charge in [-0.1, -0.05) is 17.7 Å². The van der Waals surface area contributed by atoms with E-state index in [1.807, 2.05) is 0 Å². The summed E-state index contributed by atoms with van der Waals surface area (Å²) >= 11 is 5.78. The second kappa shape index (κ2) is 8.70. The molecule has 0 spiro atoms. The molecule has 3 aromatic rings. The van der Waals surface area contributed by atoms with Crippen molar-refractivity contribution < 1.29 is 9.18 Å². The van der Waals surface area contributed by atoms with Crippen LogP contribution in [0, 0.1) is 11.2 Å². The van der Waals surface area contributed by atoms with Crippen LogP contribution in [0.25, 0.3) is 0 Å². The molecule has 1 atom stereocenters.